The van der Waals surface area contributed by atoms with E-state index >= 15 is 0 Å². The summed E-state index contributed by atoms with van der Waals surface area (Å²) in [7, 11) is 5.95. The van der Waals surface area contributed by atoms with Gasteiger partial charge in [0.1, 0.15) is 11.3 Å². The van der Waals surface area contributed by atoms with Gasteiger partial charge in [-0.1, -0.05) is 0 Å². The zero-order valence-corrected chi connectivity index (χ0v) is 15.4. The summed E-state index contributed by atoms with van der Waals surface area (Å²) in [6.45, 7) is 2.00. The summed E-state index contributed by atoms with van der Waals surface area (Å²) in [6, 6.07) is 6.24. The van der Waals surface area contributed by atoms with Gasteiger partial charge in [-0.2, -0.15) is 10.2 Å². The average Bonchev–Trinajstić information content (AvgIpc) is 3.01. The minimum absolute atomic E-state index is 0.474. The van der Waals surface area contributed by atoms with E-state index in [1.54, 1.807) is 0 Å². The molecule has 1 fully saturated rings. The summed E-state index contributed by atoms with van der Waals surface area (Å²) < 4.78 is 5.82. The highest BCUT2D eigenvalue weighted by atomic mass is 15.3. The van der Waals surface area contributed by atoms with Crippen LogP contribution < -0.4 is 0 Å². The van der Waals surface area contributed by atoms with Crippen LogP contribution in [0.3, 0.4) is 0 Å². The SMILES string of the molecule is Cc1nc2ccc(-c3cc(C4CC4c4cnn(C)c4)nn3C)nc2n1C. The Balaban J connectivity index is 1.49. The predicted octanol–water partition coefficient (Wildman–Crippen LogP) is 2.68. The number of nitrogens with zero attached hydrogens (tertiary/aromatic N) is 7. The van der Waals surface area contributed by atoms with Crippen LogP contribution in [-0.4, -0.2) is 34.1 Å². The van der Waals surface area contributed by atoms with E-state index < -0.39 is 0 Å². The molecule has 0 aromatic carbocycles. The molecular formula is C19H21N7. The molecule has 5 rings (SSSR count). The number of hydrogen-bond acceptors (Lipinski definition) is 4. The van der Waals surface area contributed by atoms with Crippen LogP contribution in [0.5, 0.6) is 0 Å². The first kappa shape index (κ1) is 15.3. The normalized spacial score (nSPS) is 19.4. The molecule has 2 unspecified atom stereocenters. The van der Waals surface area contributed by atoms with Gasteiger partial charge in [-0.3, -0.25) is 9.36 Å². The van der Waals surface area contributed by atoms with Crippen LogP contribution in [0.1, 0.15) is 35.3 Å². The number of aryl methyl sites for hydroxylation is 4. The van der Waals surface area contributed by atoms with Crippen molar-refractivity contribution in [1.82, 2.24) is 34.1 Å². The lowest BCUT2D eigenvalue weighted by Gasteiger charge is -2.02. The number of aromatic nitrogens is 7. The first-order chi connectivity index (χ1) is 12.5. The van der Waals surface area contributed by atoms with Crippen molar-refractivity contribution in [3.05, 3.63) is 47.7 Å². The minimum Gasteiger partial charge on any atom is -0.316 e. The van der Waals surface area contributed by atoms with Gasteiger partial charge in [0.2, 0.25) is 0 Å². The maximum atomic E-state index is 4.83. The molecule has 7 heteroatoms. The van der Waals surface area contributed by atoms with Crippen molar-refractivity contribution in [3.63, 3.8) is 0 Å². The van der Waals surface area contributed by atoms with Gasteiger partial charge in [0.25, 0.3) is 0 Å². The molecule has 1 aliphatic carbocycles. The third kappa shape index (κ3) is 2.27. The van der Waals surface area contributed by atoms with Crippen LogP contribution in [-0.2, 0) is 21.1 Å². The van der Waals surface area contributed by atoms with E-state index in [1.807, 2.05) is 60.3 Å². The monoisotopic (exact) mass is 347 g/mol. The van der Waals surface area contributed by atoms with Crippen molar-refractivity contribution >= 4 is 11.2 Å². The lowest BCUT2D eigenvalue weighted by Crippen LogP contribution is -1.97. The van der Waals surface area contributed by atoms with Crippen LogP contribution in [0.15, 0.2) is 30.6 Å². The molecule has 0 N–H and O–H groups in total. The van der Waals surface area contributed by atoms with Crippen molar-refractivity contribution in [2.45, 2.75) is 25.2 Å². The molecule has 0 radical (unpaired) electrons. The fourth-order valence-electron chi connectivity index (χ4n) is 3.75. The summed E-state index contributed by atoms with van der Waals surface area (Å²) in [5.74, 6) is 1.97. The second-order valence-electron chi connectivity index (χ2n) is 7.23. The lowest BCUT2D eigenvalue weighted by molar-refractivity contribution is 0.745. The smallest absolute Gasteiger partial charge is 0.160 e. The number of hydrogen-bond donors (Lipinski definition) is 0. The van der Waals surface area contributed by atoms with Gasteiger partial charge < -0.3 is 4.57 Å². The Hall–Kier alpha value is -2.96. The van der Waals surface area contributed by atoms with Gasteiger partial charge in [0, 0.05) is 33.3 Å². The minimum atomic E-state index is 0.474. The molecular weight excluding hydrogens is 326 g/mol. The predicted molar refractivity (Wildman–Crippen MR) is 98.8 cm³/mol. The van der Waals surface area contributed by atoms with Crippen LogP contribution >= 0.6 is 0 Å². The van der Waals surface area contributed by atoms with Crippen molar-refractivity contribution < 1.29 is 0 Å². The Morgan fingerprint density at radius 2 is 1.92 bits per heavy atom. The van der Waals surface area contributed by atoms with Crippen LogP contribution in [0.4, 0.5) is 0 Å². The quantitative estimate of drug-likeness (QED) is 0.571. The Bertz CT molecular complexity index is 1130. The third-order valence-electron chi connectivity index (χ3n) is 5.42. The zero-order valence-electron chi connectivity index (χ0n) is 15.4. The van der Waals surface area contributed by atoms with Gasteiger partial charge in [0.05, 0.1) is 23.3 Å². The van der Waals surface area contributed by atoms with Gasteiger partial charge >= 0.3 is 0 Å². The second kappa shape index (κ2) is 5.27. The van der Waals surface area contributed by atoms with E-state index in [0.29, 0.717) is 11.8 Å². The molecule has 0 saturated heterocycles. The molecule has 0 spiro atoms. The molecule has 0 aliphatic heterocycles. The zero-order chi connectivity index (χ0) is 18.0. The first-order valence-electron chi connectivity index (χ1n) is 8.84. The van der Waals surface area contributed by atoms with Crippen LogP contribution in [0, 0.1) is 6.92 Å². The summed E-state index contributed by atoms with van der Waals surface area (Å²) in [6.07, 6.45) is 5.21. The molecule has 4 heterocycles. The molecule has 2 atom stereocenters. The van der Waals surface area contributed by atoms with Gasteiger partial charge in [-0.25, -0.2) is 9.97 Å². The molecule has 26 heavy (non-hydrogen) atoms. The van der Waals surface area contributed by atoms with Crippen molar-refractivity contribution in [2.75, 3.05) is 0 Å². The molecule has 132 valence electrons. The summed E-state index contributed by atoms with van der Waals surface area (Å²) in [5.41, 5.74) is 6.24. The molecule has 1 saturated carbocycles. The standard InChI is InChI=1S/C19H21N7/c1-11-21-16-6-5-15(22-19(16)25(11)3)18-8-17(23-26(18)4)14-7-13(14)12-9-20-24(2)10-12/h5-6,8-10,13-14H,7H2,1-4H3. The van der Waals surface area contributed by atoms with Crippen molar-refractivity contribution in [2.24, 2.45) is 21.1 Å². The number of imidazole rings is 1. The molecule has 0 amide bonds. The molecule has 7 nitrogen and oxygen atoms in total. The number of rotatable bonds is 3. The Labute approximate surface area is 151 Å². The fraction of sp³-hybridized carbons (Fsp3) is 0.368. The maximum absolute atomic E-state index is 4.83. The lowest BCUT2D eigenvalue weighted by atomic mass is 10.1. The fourth-order valence-corrected chi connectivity index (χ4v) is 3.75. The van der Waals surface area contributed by atoms with Gasteiger partial charge in [-0.05, 0) is 43.0 Å². The summed E-state index contributed by atoms with van der Waals surface area (Å²) in [5, 5.41) is 9.05. The number of fused-ring (bicyclic) bond motifs is 1. The summed E-state index contributed by atoms with van der Waals surface area (Å²) in [4.78, 5) is 9.36. The summed E-state index contributed by atoms with van der Waals surface area (Å²) >= 11 is 0. The average molecular weight is 347 g/mol. The molecule has 1 aliphatic rings. The second-order valence-corrected chi connectivity index (χ2v) is 7.23. The number of pyridine rings is 1. The highest BCUT2D eigenvalue weighted by molar-refractivity contribution is 5.75. The third-order valence-corrected chi connectivity index (χ3v) is 5.42. The Morgan fingerprint density at radius 3 is 2.69 bits per heavy atom. The van der Waals surface area contributed by atoms with E-state index in [-0.39, 0.29) is 0 Å². The van der Waals surface area contributed by atoms with Crippen molar-refractivity contribution in [3.8, 4) is 11.4 Å². The Morgan fingerprint density at radius 1 is 1.08 bits per heavy atom. The molecule has 0 bridgehead atoms. The van der Waals surface area contributed by atoms with E-state index in [2.05, 4.69) is 22.3 Å². The van der Waals surface area contributed by atoms with Gasteiger partial charge in [-0.15, -0.1) is 0 Å². The van der Waals surface area contributed by atoms with E-state index in [1.165, 1.54) is 5.56 Å². The topological polar surface area (TPSA) is 66.3 Å². The highest BCUT2D eigenvalue weighted by Crippen LogP contribution is 2.54. The van der Waals surface area contributed by atoms with E-state index in [9.17, 15) is 0 Å². The van der Waals surface area contributed by atoms with Gasteiger partial charge in [0.15, 0.2) is 5.65 Å². The van der Waals surface area contributed by atoms with E-state index in [4.69, 9.17) is 10.1 Å². The van der Waals surface area contributed by atoms with Crippen molar-refractivity contribution in [1.29, 1.82) is 0 Å². The molecule has 4 aromatic rings. The Kier molecular flexibility index (Phi) is 3.10. The maximum Gasteiger partial charge on any atom is 0.160 e. The van der Waals surface area contributed by atoms with Crippen LogP contribution in [0.25, 0.3) is 22.6 Å². The van der Waals surface area contributed by atoms with Crippen LogP contribution in [0.2, 0.25) is 0 Å². The highest BCUT2D eigenvalue weighted by Gasteiger charge is 2.42. The first-order valence-corrected chi connectivity index (χ1v) is 8.84. The van der Waals surface area contributed by atoms with E-state index in [0.717, 1.165) is 40.5 Å². The molecule has 4 aromatic heterocycles. The largest absolute Gasteiger partial charge is 0.316 e.